The number of anilines is 2. The molecule has 0 heterocycles. The summed E-state index contributed by atoms with van der Waals surface area (Å²) >= 11 is 0. The van der Waals surface area contributed by atoms with Gasteiger partial charge in [-0.05, 0) is 31.0 Å². The Hall–Kier alpha value is -1.78. The molecule has 0 spiro atoms. The zero-order valence-electron chi connectivity index (χ0n) is 10.2. The van der Waals surface area contributed by atoms with Gasteiger partial charge in [0.25, 0.3) is 0 Å². The van der Waals surface area contributed by atoms with Crippen molar-refractivity contribution in [3.05, 3.63) is 24.0 Å². The summed E-state index contributed by atoms with van der Waals surface area (Å²) in [6, 6.07) is 4.18. The molecule has 0 unspecified atom stereocenters. The molecule has 0 aliphatic heterocycles. The number of nitrogens with one attached hydrogen (secondary N) is 2. The van der Waals surface area contributed by atoms with Gasteiger partial charge in [-0.15, -0.1) is 0 Å². The fourth-order valence-corrected chi connectivity index (χ4v) is 2.20. The first-order chi connectivity index (χ1) is 8.65. The molecular weight excluding hydrogens is 233 g/mol. The van der Waals surface area contributed by atoms with E-state index in [1.165, 1.54) is 18.6 Å². The maximum atomic E-state index is 13.2. The zero-order valence-corrected chi connectivity index (χ0v) is 10.2. The summed E-state index contributed by atoms with van der Waals surface area (Å²) in [7, 11) is 0. The highest BCUT2D eigenvalue weighted by molar-refractivity contribution is 5.89. The first-order valence-corrected chi connectivity index (χ1v) is 6.27. The monoisotopic (exact) mass is 251 g/mol. The molecule has 5 heteroatoms. The SMILES string of the molecule is Nc1ccc(NC(=O)NC2CCCCC2)cc1F. The van der Waals surface area contributed by atoms with Crippen molar-refractivity contribution in [3.8, 4) is 0 Å². The molecule has 1 fully saturated rings. The molecular formula is C13H18FN3O. The summed E-state index contributed by atoms with van der Waals surface area (Å²) in [4.78, 5) is 11.7. The number of nitrogens with two attached hydrogens (primary N) is 1. The van der Waals surface area contributed by atoms with Crippen molar-refractivity contribution < 1.29 is 9.18 Å². The lowest BCUT2D eigenvalue weighted by atomic mass is 9.96. The number of carbonyl (C=O) groups is 1. The number of nitrogen functional groups attached to an aromatic ring is 1. The van der Waals surface area contributed by atoms with Crippen LogP contribution in [-0.2, 0) is 0 Å². The Morgan fingerprint density at radius 1 is 1.28 bits per heavy atom. The first-order valence-electron chi connectivity index (χ1n) is 6.27. The Morgan fingerprint density at radius 2 is 2.00 bits per heavy atom. The predicted octanol–water partition coefficient (Wildman–Crippen LogP) is 2.86. The van der Waals surface area contributed by atoms with E-state index < -0.39 is 5.82 Å². The standard InChI is InChI=1S/C13H18FN3O/c14-11-8-10(6-7-12(11)15)17-13(18)16-9-4-2-1-3-5-9/h6-9H,1-5,15H2,(H2,16,17,18). The molecule has 98 valence electrons. The average molecular weight is 251 g/mol. The van der Waals surface area contributed by atoms with Crippen LogP contribution >= 0.6 is 0 Å². The lowest BCUT2D eigenvalue weighted by Crippen LogP contribution is -2.39. The maximum absolute atomic E-state index is 13.2. The minimum Gasteiger partial charge on any atom is -0.396 e. The highest BCUT2D eigenvalue weighted by Crippen LogP contribution is 2.18. The molecule has 0 radical (unpaired) electrons. The second-order valence-electron chi connectivity index (χ2n) is 4.67. The van der Waals surface area contributed by atoms with Gasteiger partial charge in [-0.3, -0.25) is 0 Å². The van der Waals surface area contributed by atoms with Crippen LogP contribution in [0.5, 0.6) is 0 Å². The predicted molar refractivity (Wildman–Crippen MR) is 69.8 cm³/mol. The van der Waals surface area contributed by atoms with E-state index in [-0.39, 0.29) is 17.8 Å². The minimum atomic E-state index is -0.523. The van der Waals surface area contributed by atoms with Crippen molar-refractivity contribution in [2.75, 3.05) is 11.1 Å². The summed E-state index contributed by atoms with van der Waals surface area (Å²) < 4.78 is 13.2. The second kappa shape index (κ2) is 5.71. The molecule has 2 amide bonds. The Kier molecular flexibility index (Phi) is 4.02. The number of halogens is 1. The number of carbonyl (C=O) groups excluding carboxylic acids is 1. The Balaban J connectivity index is 1.88. The van der Waals surface area contributed by atoms with Gasteiger partial charge < -0.3 is 16.4 Å². The molecule has 1 aliphatic carbocycles. The quantitative estimate of drug-likeness (QED) is 0.707. The van der Waals surface area contributed by atoms with E-state index in [2.05, 4.69) is 10.6 Å². The van der Waals surface area contributed by atoms with Crippen LogP contribution in [0.25, 0.3) is 0 Å². The smallest absolute Gasteiger partial charge is 0.319 e. The number of urea groups is 1. The molecule has 0 atom stereocenters. The third kappa shape index (κ3) is 3.35. The normalized spacial score (nSPS) is 16.3. The van der Waals surface area contributed by atoms with Gasteiger partial charge in [0.1, 0.15) is 5.82 Å². The third-order valence-corrected chi connectivity index (χ3v) is 3.20. The molecule has 0 bridgehead atoms. The summed E-state index contributed by atoms with van der Waals surface area (Å²) in [5, 5.41) is 5.51. The van der Waals surface area contributed by atoms with Gasteiger partial charge in [0.2, 0.25) is 0 Å². The first kappa shape index (κ1) is 12.7. The van der Waals surface area contributed by atoms with Crippen molar-refractivity contribution in [1.82, 2.24) is 5.32 Å². The van der Waals surface area contributed by atoms with Crippen molar-refractivity contribution in [2.24, 2.45) is 0 Å². The largest absolute Gasteiger partial charge is 0.396 e. The molecule has 18 heavy (non-hydrogen) atoms. The van der Waals surface area contributed by atoms with E-state index >= 15 is 0 Å². The molecule has 0 aromatic heterocycles. The van der Waals surface area contributed by atoms with Crippen molar-refractivity contribution in [3.63, 3.8) is 0 Å². The topological polar surface area (TPSA) is 67.1 Å². The highest BCUT2D eigenvalue weighted by Gasteiger charge is 2.15. The van der Waals surface area contributed by atoms with Gasteiger partial charge in [-0.2, -0.15) is 0 Å². The van der Waals surface area contributed by atoms with E-state index in [0.29, 0.717) is 5.69 Å². The van der Waals surface area contributed by atoms with Crippen LogP contribution in [-0.4, -0.2) is 12.1 Å². The van der Waals surface area contributed by atoms with E-state index in [1.54, 1.807) is 6.07 Å². The number of hydrogen-bond acceptors (Lipinski definition) is 2. The number of rotatable bonds is 2. The zero-order chi connectivity index (χ0) is 13.0. The minimum absolute atomic E-state index is 0.0771. The average Bonchev–Trinajstić information content (AvgIpc) is 2.35. The fraction of sp³-hybridized carbons (Fsp3) is 0.462. The van der Waals surface area contributed by atoms with Gasteiger partial charge in [0.05, 0.1) is 5.69 Å². The molecule has 1 aromatic rings. The highest BCUT2D eigenvalue weighted by atomic mass is 19.1. The van der Waals surface area contributed by atoms with Crippen LogP contribution in [0.1, 0.15) is 32.1 Å². The van der Waals surface area contributed by atoms with Crippen LogP contribution in [0.2, 0.25) is 0 Å². The van der Waals surface area contributed by atoms with Gasteiger partial charge in [0.15, 0.2) is 0 Å². The van der Waals surface area contributed by atoms with Crippen LogP contribution in [0.15, 0.2) is 18.2 Å². The van der Waals surface area contributed by atoms with E-state index in [9.17, 15) is 9.18 Å². The Morgan fingerprint density at radius 3 is 2.67 bits per heavy atom. The fourth-order valence-electron chi connectivity index (χ4n) is 2.20. The molecule has 2 rings (SSSR count). The molecule has 1 saturated carbocycles. The lowest BCUT2D eigenvalue weighted by Gasteiger charge is -2.22. The van der Waals surface area contributed by atoms with Gasteiger partial charge in [-0.25, -0.2) is 9.18 Å². The summed E-state index contributed by atoms with van der Waals surface area (Å²) in [6.45, 7) is 0. The van der Waals surface area contributed by atoms with Crippen LogP contribution in [0, 0.1) is 5.82 Å². The second-order valence-corrected chi connectivity index (χ2v) is 4.67. The third-order valence-electron chi connectivity index (χ3n) is 3.20. The van der Waals surface area contributed by atoms with Gasteiger partial charge in [-0.1, -0.05) is 19.3 Å². The molecule has 4 N–H and O–H groups in total. The molecule has 1 aliphatic rings. The number of benzene rings is 1. The van der Waals surface area contributed by atoms with Crippen molar-refractivity contribution in [2.45, 2.75) is 38.1 Å². The summed E-state index contributed by atoms with van der Waals surface area (Å²) in [6.07, 6.45) is 5.58. The van der Waals surface area contributed by atoms with Gasteiger partial charge in [0, 0.05) is 11.7 Å². The van der Waals surface area contributed by atoms with Crippen LogP contribution in [0.4, 0.5) is 20.6 Å². The van der Waals surface area contributed by atoms with Crippen molar-refractivity contribution >= 4 is 17.4 Å². The Bertz CT molecular complexity index is 430. The molecule has 0 saturated heterocycles. The molecule has 4 nitrogen and oxygen atoms in total. The summed E-state index contributed by atoms with van der Waals surface area (Å²) in [5.41, 5.74) is 5.85. The maximum Gasteiger partial charge on any atom is 0.319 e. The van der Waals surface area contributed by atoms with Crippen LogP contribution < -0.4 is 16.4 Å². The molecule has 1 aromatic carbocycles. The van der Waals surface area contributed by atoms with Crippen LogP contribution in [0.3, 0.4) is 0 Å². The van der Waals surface area contributed by atoms with E-state index in [4.69, 9.17) is 5.73 Å². The number of hydrogen-bond donors (Lipinski definition) is 3. The van der Waals surface area contributed by atoms with Crippen molar-refractivity contribution in [1.29, 1.82) is 0 Å². The summed E-state index contributed by atoms with van der Waals surface area (Å²) in [5.74, 6) is -0.523. The van der Waals surface area contributed by atoms with E-state index in [0.717, 1.165) is 25.7 Å². The Labute approximate surface area is 106 Å². The lowest BCUT2D eigenvalue weighted by molar-refractivity contribution is 0.244. The number of amides is 2. The van der Waals surface area contributed by atoms with Gasteiger partial charge >= 0.3 is 6.03 Å². The van der Waals surface area contributed by atoms with E-state index in [1.807, 2.05) is 0 Å².